The van der Waals surface area contributed by atoms with E-state index in [1.807, 2.05) is 13.8 Å². The molecule has 158 valence electrons. The number of hydrogen-bond acceptors (Lipinski definition) is 4. The summed E-state index contributed by atoms with van der Waals surface area (Å²) in [6, 6.07) is 0. The molecule has 1 N–H and O–H groups in total. The second-order valence-corrected chi connectivity index (χ2v) is 8.16. The molecule has 0 aromatic rings. The monoisotopic (exact) mass is 374 g/mol. The Morgan fingerprint density at radius 3 is 1.58 bits per heavy atom. The Morgan fingerprint density at radius 2 is 1.04 bits per heavy atom. The summed E-state index contributed by atoms with van der Waals surface area (Å²) in [7, 11) is 0. The number of aliphatic hydroxyl groups excluding tert-OH is 1. The van der Waals surface area contributed by atoms with Gasteiger partial charge >= 0.3 is 0 Å². The highest BCUT2D eigenvalue weighted by molar-refractivity contribution is 4.55. The first-order valence-corrected chi connectivity index (χ1v) is 10.9. The van der Waals surface area contributed by atoms with Crippen molar-refractivity contribution in [2.45, 2.75) is 111 Å². The van der Waals surface area contributed by atoms with Crippen molar-refractivity contribution in [3.8, 4) is 0 Å². The van der Waals surface area contributed by atoms with Crippen molar-refractivity contribution in [1.29, 1.82) is 0 Å². The maximum absolute atomic E-state index is 8.92. The minimum absolute atomic E-state index is 0.0237. The zero-order chi connectivity index (χ0) is 19.6. The maximum atomic E-state index is 8.92. The molecular formula is C22H46O4. The summed E-state index contributed by atoms with van der Waals surface area (Å²) in [6.07, 6.45) is 12.1. The molecule has 0 fully saturated rings. The van der Waals surface area contributed by atoms with Gasteiger partial charge < -0.3 is 19.3 Å². The molecule has 3 atom stereocenters. The molecule has 0 aromatic carbocycles. The van der Waals surface area contributed by atoms with Crippen LogP contribution in [0.5, 0.6) is 0 Å². The number of unbranched alkanes of at least 4 members (excludes halogenated alkanes) is 7. The fourth-order valence-electron chi connectivity index (χ4n) is 2.75. The fourth-order valence-corrected chi connectivity index (χ4v) is 2.75. The van der Waals surface area contributed by atoms with Gasteiger partial charge in [-0.05, 0) is 33.1 Å². The Kier molecular flexibility index (Phi) is 18.1. The highest BCUT2D eigenvalue weighted by Gasteiger charge is 2.09. The zero-order valence-electron chi connectivity index (χ0n) is 18.2. The number of rotatable bonds is 19. The van der Waals surface area contributed by atoms with Gasteiger partial charge in [-0.15, -0.1) is 0 Å². The third-order valence-electron chi connectivity index (χ3n) is 4.57. The highest BCUT2D eigenvalue weighted by Crippen LogP contribution is 2.12. The van der Waals surface area contributed by atoms with Crippen molar-refractivity contribution in [3.63, 3.8) is 0 Å². The SMILES string of the molecule is CC(C)CCCCCCCCCCOC(C)COC(C)COC(C)CO. The third kappa shape index (κ3) is 18.6. The molecule has 0 saturated heterocycles. The summed E-state index contributed by atoms with van der Waals surface area (Å²) in [5, 5.41) is 8.92. The Labute approximate surface area is 163 Å². The van der Waals surface area contributed by atoms with Gasteiger partial charge in [0.25, 0.3) is 0 Å². The van der Waals surface area contributed by atoms with Crippen LogP contribution < -0.4 is 0 Å². The Hall–Kier alpha value is -0.160. The smallest absolute Gasteiger partial charge is 0.0781 e. The summed E-state index contributed by atoms with van der Waals surface area (Å²) in [5.41, 5.74) is 0. The van der Waals surface area contributed by atoms with Crippen LogP contribution in [0.25, 0.3) is 0 Å². The van der Waals surface area contributed by atoms with Crippen LogP contribution in [0.15, 0.2) is 0 Å². The molecule has 4 nitrogen and oxygen atoms in total. The van der Waals surface area contributed by atoms with E-state index in [0.717, 1.165) is 18.9 Å². The van der Waals surface area contributed by atoms with E-state index < -0.39 is 0 Å². The molecule has 0 amide bonds. The van der Waals surface area contributed by atoms with E-state index in [4.69, 9.17) is 19.3 Å². The van der Waals surface area contributed by atoms with Crippen molar-refractivity contribution >= 4 is 0 Å². The highest BCUT2D eigenvalue weighted by atomic mass is 16.6. The normalized spacial score (nSPS) is 15.3. The van der Waals surface area contributed by atoms with Crippen LogP contribution in [0.4, 0.5) is 0 Å². The lowest BCUT2D eigenvalue weighted by Crippen LogP contribution is -2.26. The van der Waals surface area contributed by atoms with Crippen LogP contribution in [-0.2, 0) is 14.2 Å². The van der Waals surface area contributed by atoms with E-state index in [0.29, 0.717) is 13.2 Å². The molecule has 0 aliphatic heterocycles. The average molecular weight is 375 g/mol. The third-order valence-corrected chi connectivity index (χ3v) is 4.57. The predicted molar refractivity (Wildman–Crippen MR) is 110 cm³/mol. The van der Waals surface area contributed by atoms with E-state index in [-0.39, 0.29) is 24.9 Å². The van der Waals surface area contributed by atoms with Gasteiger partial charge in [0, 0.05) is 6.61 Å². The molecule has 0 radical (unpaired) electrons. The molecule has 0 heterocycles. The number of ether oxygens (including phenoxy) is 3. The van der Waals surface area contributed by atoms with Crippen LogP contribution in [0.2, 0.25) is 0 Å². The van der Waals surface area contributed by atoms with E-state index in [1.54, 1.807) is 0 Å². The molecule has 0 aromatic heterocycles. The lowest BCUT2D eigenvalue weighted by Gasteiger charge is -2.19. The van der Waals surface area contributed by atoms with Crippen molar-refractivity contribution in [2.24, 2.45) is 5.92 Å². The molecule has 0 aliphatic carbocycles. The molecule has 0 spiro atoms. The molecule has 0 saturated carbocycles. The van der Waals surface area contributed by atoms with Crippen molar-refractivity contribution < 1.29 is 19.3 Å². The van der Waals surface area contributed by atoms with Crippen LogP contribution in [0, 0.1) is 5.92 Å². The summed E-state index contributed by atoms with van der Waals surface area (Å²) >= 11 is 0. The van der Waals surface area contributed by atoms with Gasteiger partial charge in [0.2, 0.25) is 0 Å². The molecule has 26 heavy (non-hydrogen) atoms. The Bertz CT molecular complexity index is 283. The molecule has 0 aliphatic rings. The fraction of sp³-hybridized carbons (Fsp3) is 1.00. The maximum Gasteiger partial charge on any atom is 0.0781 e. The summed E-state index contributed by atoms with van der Waals surface area (Å²) in [5.74, 6) is 0.856. The van der Waals surface area contributed by atoms with Crippen LogP contribution in [0.1, 0.15) is 92.4 Å². The van der Waals surface area contributed by atoms with Gasteiger partial charge in [0.05, 0.1) is 38.1 Å². The van der Waals surface area contributed by atoms with Crippen LogP contribution in [0.3, 0.4) is 0 Å². The standard InChI is InChI=1S/C22H46O4/c1-19(2)14-12-10-8-6-7-9-11-13-15-24-21(4)17-26-22(5)18-25-20(3)16-23/h19-23H,6-18H2,1-5H3. The summed E-state index contributed by atoms with van der Waals surface area (Å²) in [6.45, 7) is 12.5. The first-order valence-electron chi connectivity index (χ1n) is 10.9. The van der Waals surface area contributed by atoms with Crippen LogP contribution >= 0.6 is 0 Å². The lowest BCUT2D eigenvalue weighted by atomic mass is 10.0. The molecule has 0 rings (SSSR count). The first kappa shape index (κ1) is 25.8. The summed E-state index contributed by atoms with van der Waals surface area (Å²) in [4.78, 5) is 0. The topological polar surface area (TPSA) is 47.9 Å². The van der Waals surface area contributed by atoms with Crippen molar-refractivity contribution in [2.75, 3.05) is 26.4 Å². The second kappa shape index (κ2) is 18.2. The lowest BCUT2D eigenvalue weighted by molar-refractivity contribution is -0.0746. The first-order chi connectivity index (χ1) is 12.5. The Balaban J connectivity index is 3.32. The number of hydrogen-bond donors (Lipinski definition) is 1. The van der Waals surface area contributed by atoms with Crippen molar-refractivity contribution in [3.05, 3.63) is 0 Å². The minimum Gasteiger partial charge on any atom is -0.394 e. The van der Waals surface area contributed by atoms with Gasteiger partial charge in [-0.3, -0.25) is 0 Å². The van der Waals surface area contributed by atoms with E-state index in [9.17, 15) is 0 Å². The Morgan fingerprint density at radius 1 is 0.577 bits per heavy atom. The van der Waals surface area contributed by atoms with E-state index in [1.165, 1.54) is 51.4 Å². The van der Waals surface area contributed by atoms with Crippen LogP contribution in [-0.4, -0.2) is 49.8 Å². The molecule has 3 unspecified atom stereocenters. The predicted octanol–water partition coefficient (Wildman–Crippen LogP) is 5.36. The zero-order valence-corrected chi connectivity index (χ0v) is 18.2. The number of aliphatic hydroxyl groups is 1. The van der Waals surface area contributed by atoms with Crippen molar-refractivity contribution in [1.82, 2.24) is 0 Å². The molecule has 4 heteroatoms. The second-order valence-electron chi connectivity index (χ2n) is 8.16. The molecule has 0 bridgehead atoms. The van der Waals surface area contributed by atoms with E-state index in [2.05, 4.69) is 20.8 Å². The average Bonchev–Trinajstić information content (AvgIpc) is 2.61. The van der Waals surface area contributed by atoms with Gasteiger partial charge in [0.1, 0.15) is 0 Å². The molecular weight excluding hydrogens is 328 g/mol. The quantitative estimate of drug-likeness (QED) is 0.309. The van der Waals surface area contributed by atoms with E-state index >= 15 is 0 Å². The minimum atomic E-state index is -0.130. The van der Waals surface area contributed by atoms with Gasteiger partial charge in [-0.2, -0.15) is 0 Å². The summed E-state index contributed by atoms with van der Waals surface area (Å²) < 4.78 is 17.0. The van der Waals surface area contributed by atoms with Gasteiger partial charge in [-0.1, -0.05) is 65.2 Å². The van der Waals surface area contributed by atoms with Gasteiger partial charge in [-0.25, -0.2) is 0 Å². The largest absolute Gasteiger partial charge is 0.394 e. The van der Waals surface area contributed by atoms with Gasteiger partial charge in [0.15, 0.2) is 0 Å².